The summed E-state index contributed by atoms with van der Waals surface area (Å²) in [5.74, 6) is 1.08. The Morgan fingerprint density at radius 2 is 1.83 bits per heavy atom. The molecule has 0 fully saturated rings. The van der Waals surface area contributed by atoms with Crippen molar-refractivity contribution in [2.75, 3.05) is 26.7 Å². The maximum Gasteiger partial charge on any atom is 0.410 e. The highest BCUT2D eigenvalue weighted by Crippen LogP contribution is 2.10. The Bertz CT molecular complexity index is 383. The summed E-state index contributed by atoms with van der Waals surface area (Å²) >= 11 is 0. The number of amides is 1. The molecule has 0 aromatic heterocycles. The zero-order valence-corrected chi connectivity index (χ0v) is 18.9. The van der Waals surface area contributed by atoms with E-state index in [2.05, 4.69) is 36.4 Å². The Kier molecular flexibility index (Phi) is 13.4. The Labute approximate surface area is 165 Å². The summed E-state index contributed by atoms with van der Waals surface area (Å²) in [6.45, 7) is 16.1. The molecule has 0 rings (SSSR count). The molecule has 0 radical (unpaired) electrons. The van der Waals surface area contributed by atoms with Crippen LogP contribution in [0.15, 0.2) is 4.99 Å². The van der Waals surface area contributed by atoms with Crippen LogP contribution in [0, 0.1) is 5.92 Å². The molecule has 0 aliphatic heterocycles. The Hall–Kier alpha value is -0.730. The molecular formula is C17H37IN4O2. The van der Waals surface area contributed by atoms with Gasteiger partial charge in [0.15, 0.2) is 5.96 Å². The van der Waals surface area contributed by atoms with Gasteiger partial charge in [-0.05, 0) is 47.0 Å². The maximum absolute atomic E-state index is 12.0. The van der Waals surface area contributed by atoms with E-state index < -0.39 is 5.60 Å². The molecule has 0 aromatic carbocycles. The zero-order valence-electron chi connectivity index (χ0n) is 16.6. The number of hydrogen-bond acceptors (Lipinski definition) is 3. The van der Waals surface area contributed by atoms with E-state index in [1.807, 2.05) is 27.7 Å². The van der Waals surface area contributed by atoms with Gasteiger partial charge in [0.1, 0.15) is 5.60 Å². The van der Waals surface area contributed by atoms with Crippen molar-refractivity contribution >= 4 is 36.0 Å². The topological polar surface area (TPSA) is 66.0 Å². The van der Waals surface area contributed by atoms with Crippen molar-refractivity contribution < 1.29 is 9.53 Å². The molecule has 24 heavy (non-hydrogen) atoms. The monoisotopic (exact) mass is 456 g/mol. The summed E-state index contributed by atoms with van der Waals surface area (Å²) in [6.07, 6.45) is 0.749. The molecule has 0 saturated heterocycles. The molecule has 0 saturated carbocycles. The minimum Gasteiger partial charge on any atom is -0.444 e. The normalized spacial score (nSPS) is 14.2. The van der Waals surface area contributed by atoms with Crippen LogP contribution in [-0.2, 0) is 4.74 Å². The number of ether oxygens (including phenoxy) is 1. The minimum absolute atomic E-state index is 0. The highest BCUT2D eigenvalue weighted by Gasteiger charge is 2.20. The molecule has 0 bridgehead atoms. The van der Waals surface area contributed by atoms with Crippen LogP contribution in [0.25, 0.3) is 0 Å². The summed E-state index contributed by atoms with van der Waals surface area (Å²) in [7, 11) is 1.76. The fraction of sp³-hybridized carbons (Fsp3) is 0.882. The van der Waals surface area contributed by atoms with Crippen molar-refractivity contribution in [1.82, 2.24) is 15.5 Å². The van der Waals surface area contributed by atoms with E-state index in [1.165, 1.54) is 0 Å². The minimum atomic E-state index is -0.467. The maximum atomic E-state index is 12.0. The van der Waals surface area contributed by atoms with Gasteiger partial charge in [0.2, 0.25) is 0 Å². The number of nitrogens with zero attached hydrogens (tertiary/aromatic N) is 2. The largest absolute Gasteiger partial charge is 0.444 e. The summed E-state index contributed by atoms with van der Waals surface area (Å²) < 4.78 is 5.36. The van der Waals surface area contributed by atoms with Crippen LogP contribution in [0.1, 0.15) is 54.9 Å². The second-order valence-electron chi connectivity index (χ2n) is 7.14. The molecule has 0 aliphatic rings. The smallest absolute Gasteiger partial charge is 0.410 e. The van der Waals surface area contributed by atoms with Crippen molar-refractivity contribution in [3.63, 3.8) is 0 Å². The first-order valence-electron chi connectivity index (χ1n) is 8.58. The van der Waals surface area contributed by atoms with Crippen LogP contribution in [0.3, 0.4) is 0 Å². The van der Waals surface area contributed by atoms with E-state index in [0.29, 0.717) is 19.1 Å². The second kappa shape index (κ2) is 12.6. The molecule has 0 aliphatic carbocycles. The molecule has 7 heteroatoms. The number of guanidine groups is 1. The Balaban J connectivity index is 0. The number of carbonyl (C=O) groups excluding carboxylic acids is 1. The number of nitrogens with one attached hydrogen (secondary N) is 2. The second-order valence-corrected chi connectivity index (χ2v) is 7.14. The highest BCUT2D eigenvalue weighted by atomic mass is 127. The first-order valence-corrected chi connectivity index (χ1v) is 8.58. The molecule has 0 heterocycles. The third kappa shape index (κ3) is 12.7. The third-order valence-corrected chi connectivity index (χ3v) is 3.19. The van der Waals surface area contributed by atoms with Crippen molar-refractivity contribution in [1.29, 1.82) is 0 Å². The van der Waals surface area contributed by atoms with Gasteiger partial charge >= 0.3 is 6.09 Å². The number of aliphatic imine (C=N–C) groups is 1. The van der Waals surface area contributed by atoms with Gasteiger partial charge in [-0.2, -0.15) is 0 Å². The van der Waals surface area contributed by atoms with E-state index in [4.69, 9.17) is 4.74 Å². The molecule has 2 N–H and O–H groups in total. The van der Waals surface area contributed by atoms with Gasteiger partial charge in [-0.1, -0.05) is 13.8 Å². The predicted molar refractivity (Wildman–Crippen MR) is 112 cm³/mol. The van der Waals surface area contributed by atoms with Crippen molar-refractivity contribution in [2.24, 2.45) is 10.9 Å². The van der Waals surface area contributed by atoms with Gasteiger partial charge in [-0.3, -0.25) is 4.99 Å². The Morgan fingerprint density at radius 1 is 1.25 bits per heavy atom. The van der Waals surface area contributed by atoms with Gasteiger partial charge in [0, 0.05) is 32.7 Å². The first kappa shape index (κ1) is 25.5. The summed E-state index contributed by atoms with van der Waals surface area (Å²) in [6, 6.07) is 0.382. The van der Waals surface area contributed by atoms with E-state index in [1.54, 1.807) is 11.9 Å². The van der Waals surface area contributed by atoms with Gasteiger partial charge in [0.05, 0.1) is 0 Å². The van der Waals surface area contributed by atoms with Crippen LogP contribution in [0.2, 0.25) is 0 Å². The fourth-order valence-electron chi connectivity index (χ4n) is 1.84. The molecule has 6 nitrogen and oxygen atoms in total. The first-order chi connectivity index (χ1) is 10.6. The molecule has 0 aromatic rings. The number of halogens is 1. The lowest BCUT2D eigenvalue weighted by molar-refractivity contribution is 0.0279. The van der Waals surface area contributed by atoms with E-state index in [0.717, 1.165) is 18.9 Å². The molecular weight excluding hydrogens is 419 g/mol. The fourth-order valence-corrected chi connectivity index (χ4v) is 1.84. The Morgan fingerprint density at radius 3 is 2.29 bits per heavy atom. The average molecular weight is 456 g/mol. The number of carbonyl (C=O) groups is 1. The lowest BCUT2D eigenvalue weighted by Gasteiger charge is -2.26. The van der Waals surface area contributed by atoms with Gasteiger partial charge in [0.25, 0.3) is 0 Å². The van der Waals surface area contributed by atoms with Crippen molar-refractivity contribution in [2.45, 2.75) is 66.5 Å². The van der Waals surface area contributed by atoms with Crippen molar-refractivity contribution in [3.8, 4) is 0 Å². The average Bonchev–Trinajstić information content (AvgIpc) is 2.42. The van der Waals surface area contributed by atoms with Crippen LogP contribution >= 0.6 is 24.0 Å². The quantitative estimate of drug-likeness (QED) is 0.350. The van der Waals surface area contributed by atoms with Gasteiger partial charge in [-0.25, -0.2) is 4.79 Å². The standard InChI is InChI=1S/C17H36N4O2.HI/c1-9-14(4)20-15(18-10-2)19-11-13(3)12-21(8)16(22)23-17(5,6)7;/h13-14H,9-12H2,1-8H3,(H2,18,19,20);1H. The number of hydrogen-bond donors (Lipinski definition) is 2. The number of rotatable bonds is 7. The van der Waals surface area contributed by atoms with Gasteiger partial charge < -0.3 is 20.3 Å². The third-order valence-electron chi connectivity index (χ3n) is 3.19. The predicted octanol–water partition coefficient (Wildman–Crippen LogP) is 3.46. The van der Waals surface area contributed by atoms with Crippen molar-refractivity contribution in [3.05, 3.63) is 0 Å². The lowest BCUT2D eigenvalue weighted by atomic mass is 10.2. The summed E-state index contributed by atoms with van der Waals surface area (Å²) in [4.78, 5) is 18.2. The molecule has 2 atom stereocenters. The lowest BCUT2D eigenvalue weighted by Crippen LogP contribution is -2.42. The van der Waals surface area contributed by atoms with Crippen LogP contribution in [-0.4, -0.2) is 55.3 Å². The molecule has 1 amide bonds. The van der Waals surface area contributed by atoms with Crippen LogP contribution < -0.4 is 10.6 Å². The SMILES string of the molecule is CCNC(=NCC(C)CN(C)C(=O)OC(C)(C)C)NC(C)CC.I. The van der Waals surface area contributed by atoms with Crippen LogP contribution in [0.5, 0.6) is 0 Å². The molecule has 2 unspecified atom stereocenters. The summed E-state index contributed by atoms with van der Waals surface area (Å²) in [5.41, 5.74) is -0.467. The highest BCUT2D eigenvalue weighted by molar-refractivity contribution is 14.0. The van der Waals surface area contributed by atoms with Crippen LogP contribution in [0.4, 0.5) is 4.79 Å². The zero-order chi connectivity index (χ0) is 18.0. The summed E-state index contributed by atoms with van der Waals surface area (Å²) in [5, 5.41) is 6.61. The van der Waals surface area contributed by atoms with E-state index in [-0.39, 0.29) is 36.0 Å². The van der Waals surface area contributed by atoms with E-state index >= 15 is 0 Å². The molecule has 144 valence electrons. The van der Waals surface area contributed by atoms with Gasteiger partial charge in [-0.15, -0.1) is 24.0 Å². The van der Waals surface area contributed by atoms with E-state index in [9.17, 15) is 4.79 Å². The molecule has 0 spiro atoms.